The lowest BCUT2D eigenvalue weighted by Crippen LogP contribution is -2.30. The molecule has 1 fully saturated rings. The lowest BCUT2D eigenvalue weighted by atomic mass is 10.0. The number of nitrogens with one attached hydrogen (secondary N) is 1. The molecule has 3 rings (SSSR count). The topological polar surface area (TPSA) is 98.5 Å². The fraction of sp³-hybridized carbons (Fsp3) is 0.294. The molecule has 1 saturated carbocycles. The third-order valence-corrected chi connectivity index (χ3v) is 5.64. The van der Waals surface area contributed by atoms with Crippen LogP contribution in [0, 0.1) is 16.0 Å². The van der Waals surface area contributed by atoms with Crippen LogP contribution < -0.4 is 9.46 Å². The molecule has 8 heteroatoms. The number of hydrogen-bond acceptors (Lipinski definition) is 5. The molecule has 1 N–H and O–H groups in total. The first-order valence-corrected chi connectivity index (χ1v) is 9.30. The highest BCUT2D eigenvalue weighted by atomic mass is 32.2. The monoisotopic (exact) mass is 362 g/mol. The molecule has 0 aliphatic heterocycles. The van der Waals surface area contributed by atoms with Gasteiger partial charge < -0.3 is 4.74 Å². The van der Waals surface area contributed by atoms with Crippen LogP contribution in [0.3, 0.4) is 0 Å². The summed E-state index contributed by atoms with van der Waals surface area (Å²) in [4.78, 5) is 10.1. The fourth-order valence-electron chi connectivity index (χ4n) is 2.75. The molecule has 1 atom stereocenters. The number of benzene rings is 2. The minimum atomic E-state index is -3.99. The average Bonchev–Trinajstić information content (AvgIpc) is 3.45. The highest BCUT2D eigenvalue weighted by Gasteiger charge is 2.36. The Hall–Kier alpha value is -2.45. The van der Waals surface area contributed by atoms with Crippen molar-refractivity contribution < 1.29 is 18.1 Å². The van der Waals surface area contributed by atoms with Crippen molar-refractivity contribution in [2.45, 2.75) is 23.8 Å². The Labute approximate surface area is 145 Å². The molecule has 2 aromatic rings. The Morgan fingerprint density at radius 3 is 2.44 bits per heavy atom. The van der Waals surface area contributed by atoms with Gasteiger partial charge in [-0.15, -0.1) is 0 Å². The van der Waals surface area contributed by atoms with Crippen molar-refractivity contribution in [3.8, 4) is 5.75 Å². The van der Waals surface area contributed by atoms with Gasteiger partial charge in [-0.2, -0.15) is 0 Å². The zero-order valence-electron chi connectivity index (χ0n) is 13.6. The van der Waals surface area contributed by atoms with Crippen molar-refractivity contribution in [2.75, 3.05) is 7.11 Å². The summed E-state index contributed by atoms with van der Waals surface area (Å²) < 4.78 is 33.6. The molecule has 0 amide bonds. The summed E-state index contributed by atoms with van der Waals surface area (Å²) in [5.74, 6) is 0.294. The van der Waals surface area contributed by atoms with Crippen LogP contribution in [0.2, 0.25) is 0 Å². The van der Waals surface area contributed by atoms with E-state index < -0.39 is 14.9 Å². The van der Waals surface area contributed by atoms with Crippen LogP contribution in [0.15, 0.2) is 53.4 Å². The van der Waals surface area contributed by atoms with E-state index in [-0.39, 0.29) is 28.3 Å². The molecule has 0 heterocycles. The van der Waals surface area contributed by atoms with E-state index in [9.17, 15) is 18.5 Å². The van der Waals surface area contributed by atoms with Crippen molar-refractivity contribution in [2.24, 2.45) is 5.92 Å². The summed E-state index contributed by atoms with van der Waals surface area (Å²) in [7, 11) is -2.66. The molecule has 0 spiro atoms. The van der Waals surface area contributed by atoms with Crippen molar-refractivity contribution in [1.29, 1.82) is 0 Å². The quantitative estimate of drug-likeness (QED) is 0.603. The van der Waals surface area contributed by atoms with Gasteiger partial charge in [-0.1, -0.05) is 30.3 Å². The summed E-state index contributed by atoms with van der Waals surface area (Å²) in [6.45, 7) is 0. The number of methoxy groups -OCH3 is 1. The van der Waals surface area contributed by atoms with E-state index in [1.54, 1.807) is 0 Å². The second kappa shape index (κ2) is 6.81. The molecule has 7 nitrogen and oxygen atoms in total. The van der Waals surface area contributed by atoms with Gasteiger partial charge in [0, 0.05) is 18.2 Å². The minimum absolute atomic E-state index is 0.0701. The zero-order valence-corrected chi connectivity index (χ0v) is 14.4. The van der Waals surface area contributed by atoms with Crippen molar-refractivity contribution in [1.82, 2.24) is 4.72 Å². The van der Waals surface area contributed by atoms with E-state index in [2.05, 4.69) is 4.72 Å². The second-order valence-corrected chi connectivity index (χ2v) is 7.62. The zero-order chi connectivity index (χ0) is 18.0. The van der Waals surface area contributed by atoms with E-state index in [4.69, 9.17) is 4.74 Å². The minimum Gasteiger partial charge on any atom is -0.495 e. The van der Waals surface area contributed by atoms with Crippen LogP contribution in [0.5, 0.6) is 5.75 Å². The van der Waals surface area contributed by atoms with E-state index in [0.717, 1.165) is 24.5 Å². The van der Waals surface area contributed by atoms with E-state index in [0.29, 0.717) is 0 Å². The molecule has 1 aliphatic carbocycles. The molecule has 0 saturated heterocycles. The third-order valence-electron chi connectivity index (χ3n) is 4.18. The Morgan fingerprint density at radius 1 is 1.20 bits per heavy atom. The number of nitrogens with zero attached hydrogens (tertiary/aromatic N) is 1. The van der Waals surface area contributed by atoms with Crippen LogP contribution in [-0.2, 0) is 10.0 Å². The number of sulfonamides is 1. The Morgan fingerprint density at radius 2 is 1.88 bits per heavy atom. The number of non-ortho nitro benzene ring substituents is 1. The Bertz CT molecular complexity index is 879. The van der Waals surface area contributed by atoms with E-state index in [1.165, 1.54) is 19.2 Å². The summed E-state index contributed by atoms with van der Waals surface area (Å²) >= 11 is 0. The van der Waals surface area contributed by atoms with Gasteiger partial charge in [-0.05, 0) is 30.4 Å². The number of hydrogen-bond donors (Lipinski definition) is 1. The maximum absolute atomic E-state index is 12.9. The van der Waals surface area contributed by atoms with Crippen LogP contribution in [0.4, 0.5) is 5.69 Å². The molecule has 0 radical (unpaired) electrons. The number of nitro benzene ring substituents is 1. The first-order chi connectivity index (χ1) is 11.9. The van der Waals surface area contributed by atoms with Crippen LogP contribution in [0.25, 0.3) is 0 Å². The molecule has 2 aromatic carbocycles. The number of rotatable bonds is 7. The SMILES string of the molecule is COc1ccc([N+](=O)[O-])cc1S(=O)(=O)NC(c1ccccc1)C1CC1. The van der Waals surface area contributed by atoms with Gasteiger partial charge in [-0.25, -0.2) is 13.1 Å². The van der Waals surface area contributed by atoms with Gasteiger partial charge in [0.25, 0.3) is 5.69 Å². The molecule has 0 bridgehead atoms. The predicted molar refractivity (Wildman–Crippen MR) is 91.9 cm³/mol. The second-order valence-electron chi connectivity index (χ2n) is 5.94. The first-order valence-electron chi connectivity index (χ1n) is 7.82. The average molecular weight is 362 g/mol. The van der Waals surface area contributed by atoms with Gasteiger partial charge in [0.05, 0.1) is 12.0 Å². The maximum Gasteiger partial charge on any atom is 0.271 e. The van der Waals surface area contributed by atoms with Crippen LogP contribution >= 0.6 is 0 Å². The number of ether oxygens (including phenoxy) is 1. The fourth-order valence-corrected chi connectivity index (χ4v) is 4.23. The van der Waals surface area contributed by atoms with E-state index in [1.807, 2.05) is 30.3 Å². The molecule has 25 heavy (non-hydrogen) atoms. The molecule has 1 unspecified atom stereocenters. The predicted octanol–water partition coefficient (Wildman–Crippen LogP) is 3.03. The van der Waals surface area contributed by atoms with Gasteiger partial charge in [0.15, 0.2) is 0 Å². The van der Waals surface area contributed by atoms with Crippen molar-refractivity contribution >= 4 is 15.7 Å². The summed E-state index contributed by atoms with van der Waals surface area (Å²) in [5.41, 5.74) is 0.571. The summed E-state index contributed by atoms with van der Waals surface area (Å²) in [6, 6.07) is 12.5. The molecule has 132 valence electrons. The number of nitro groups is 1. The normalized spacial score (nSPS) is 15.6. The molecular formula is C17H18N2O5S. The highest BCUT2D eigenvalue weighted by Crippen LogP contribution is 2.42. The highest BCUT2D eigenvalue weighted by molar-refractivity contribution is 7.89. The van der Waals surface area contributed by atoms with Crippen molar-refractivity contribution in [3.05, 3.63) is 64.2 Å². The van der Waals surface area contributed by atoms with Gasteiger partial charge in [0.2, 0.25) is 10.0 Å². The van der Waals surface area contributed by atoms with Crippen molar-refractivity contribution in [3.63, 3.8) is 0 Å². The Balaban J connectivity index is 1.98. The lowest BCUT2D eigenvalue weighted by molar-refractivity contribution is -0.385. The van der Waals surface area contributed by atoms with Gasteiger partial charge in [-0.3, -0.25) is 10.1 Å². The van der Waals surface area contributed by atoms with E-state index >= 15 is 0 Å². The smallest absolute Gasteiger partial charge is 0.271 e. The van der Waals surface area contributed by atoms with Gasteiger partial charge >= 0.3 is 0 Å². The summed E-state index contributed by atoms with van der Waals surface area (Å²) in [6.07, 6.45) is 1.88. The summed E-state index contributed by atoms with van der Waals surface area (Å²) in [5, 5.41) is 11.0. The molecular weight excluding hydrogens is 344 g/mol. The van der Waals surface area contributed by atoms with Crippen LogP contribution in [-0.4, -0.2) is 20.5 Å². The van der Waals surface area contributed by atoms with Crippen LogP contribution in [0.1, 0.15) is 24.4 Å². The third kappa shape index (κ3) is 3.80. The molecule has 0 aromatic heterocycles. The standard InChI is InChI=1S/C17H18N2O5S/c1-24-15-10-9-14(19(20)21)11-16(15)25(22,23)18-17(13-7-8-13)12-5-3-2-4-6-12/h2-6,9-11,13,17-18H,7-8H2,1H3. The Kier molecular flexibility index (Phi) is 4.73. The first kappa shape index (κ1) is 17.4. The maximum atomic E-state index is 12.9. The molecule has 1 aliphatic rings. The largest absolute Gasteiger partial charge is 0.495 e. The lowest BCUT2D eigenvalue weighted by Gasteiger charge is -2.19. The van der Waals surface area contributed by atoms with Gasteiger partial charge in [0.1, 0.15) is 10.6 Å².